The maximum absolute atomic E-state index is 12.8. The Morgan fingerprint density at radius 3 is 2.70 bits per heavy atom. The standard InChI is InChI=1S/C16H21F3N2O2/c1-10(2)14(20)15(22)21-6-7-23-13(9-21)11-4-3-5-12(8-11)16(17,18)19/h3-5,8,10,13-14H,6-7,9,20H2,1-2H3/t13-,14+/m0/s1. The van der Waals surface area contributed by atoms with Crippen LogP contribution in [0, 0.1) is 5.92 Å². The molecule has 128 valence electrons. The Labute approximate surface area is 133 Å². The van der Waals surface area contributed by atoms with E-state index >= 15 is 0 Å². The molecule has 0 radical (unpaired) electrons. The van der Waals surface area contributed by atoms with Gasteiger partial charge in [0.25, 0.3) is 0 Å². The van der Waals surface area contributed by atoms with E-state index < -0.39 is 23.9 Å². The summed E-state index contributed by atoms with van der Waals surface area (Å²) in [7, 11) is 0. The van der Waals surface area contributed by atoms with Gasteiger partial charge in [-0.25, -0.2) is 0 Å². The van der Waals surface area contributed by atoms with Gasteiger partial charge >= 0.3 is 6.18 Å². The van der Waals surface area contributed by atoms with Gasteiger partial charge in [0.15, 0.2) is 0 Å². The summed E-state index contributed by atoms with van der Waals surface area (Å²) in [5, 5.41) is 0. The molecule has 1 heterocycles. The summed E-state index contributed by atoms with van der Waals surface area (Å²) in [5.74, 6) is -0.197. The molecule has 1 aromatic carbocycles. The summed E-state index contributed by atoms with van der Waals surface area (Å²) in [4.78, 5) is 13.9. The molecule has 2 N–H and O–H groups in total. The Balaban J connectivity index is 2.14. The van der Waals surface area contributed by atoms with Crippen molar-refractivity contribution in [2.24, 2.45) is 11.7 Å². The zero-order valence-electron chi connectivity index (χ0n) is 13.1. The predicted octanol–water partition coefficient (Wildman–Crippen LogP) is 2.59. The fourth-order valence-electron chi connectivity index (χ4n) is 2.46. The summed E-state index contributed by atoms with van der Waals surface area (Å²) in [5.41, 5.74) is 5.57. The van der Waals surface area contributed by atoms with Crippen molar-refractivity contribution in [2.45, 2.75) is 32.2 Å². The average molecular weight is 330 g/mol. The van der Waals surface area contributed by atoms with Gasteiger partial charge in [0.05, 0.1) is 24.8 Å². The monoisotopic (exact) mass is 330 g/mol. The first-order valence-electron chi connectivity index (χ1n) is 7.53. The number of halogens is 3. The van der Waals surface area contributed by atoms with Gasteiger partial charge in [0, 0.05) is 6.54 Å². The number of amides is 1. The quantitative estimate of drug-likeness (QED) is 0.927. The van der Waals surface area contributed by atoms with E-state index in [1.165, 1.54) is 6.07 Å². The Kier molecular flexibility index (Phi) is 5.31. The number of hydrogen-bond donors (Lipinski definition) is 1. The summed E-state index contributed by atoms with van der Waals surface area (Å²) >= 11 is 0. The lowest BCUT2D eigenvalue weighted by molar-refractivity contribution is -0.142. The lowest BCUT2D eigenvalue weighted by Gasteiger charge is -2.35. The molecule has 1 aromatic rings. The van der Waals surface area contributed by atoms with Crippen LogP contribution in [0.2, 0.25) is 0 Å². The number of alkyl halides is 3. The molecule has 23 heavy (non-hydrogen) atoms. The van der Waals surface area contributed by atoms with Gasteiger partial charge in [-0.1, -0.05) is 26.0 Å². The van der Waals surface area contributed by atoms with Gasteiger partial charge in [0.2, 0.25) is 5.91 Å². The van der Waals surface area contributed by atoms with Gasteiger partial charge in [-0.15, -0.1) is 0 Å². The van der Waals surface area contributed by atoms with Gasteiger partial charge in [-0.05, 0) is 23.6 Å². The normalized spacial score (nSPS) is 20.7. The van der Waals surface area contributed by atoms with Crippen LogP contribution in [0.4, 0.5) is 13.2 Å². The number of nitrogens with two attached hydrogens (primary N) is 1. The molecule has 1 fully saturated rings. The highest BCUT2D eigenvalue weighted by Crippen LogP contribution is 2.32. The third kappa shape index (κ3) is 4.23. The van der Waals surface area contributed by atoms with Crippen LogP contribution in [0.5, 0.6) is 0 Å². The van der Waals surface area contributed by atoms with E-state index in [2.05, 4.69) is 0 Å². The first kappa shape index (κ1) is 17.7. The molecular formula is C16H21F3N2O2. The van der Waals surface area contributed by atoms with Crippen LogP contribution < -0.4 is 5.73 Å². The number of carbonyl (C=O) groups excluding carboxylic acids is 1. The van der Waals surface area contributed by atoms with Gasteiger partial charge in [0.1, 0.15) is 6.10 Å². The van der Waals surface area contributed by atoms with Crippen molar-refractivity contribution < 1.29 is 22.7 Å². The van der Waals surface area contributed by atoms with E-state index in [9.17, 15) is 18.0 Å². The summed E-state index contributed by atoms with van der Waals surface area (Å²) in [6.45, 7) is 4.59. The van der Waals surface area contributed by atoms with Crippen molar-refractivity contribution in [3.05, 3.63) is 35.4 Å². The number of nitrogens with zero attached hydrogens (tertiary/aromatic N) is 1. The molecule has 2 rings (SSSR count). The molecule has 0 saturated carbocycles. The lowest BCUT2D eigenvalue weighted by Crippen LogP contribution is -2.51. The molecule has 1 aliphatic rings. The number of benzene rings is 1. The first-order valence-corrected chi connectivity index (χ1v) is 7.53. The topological polar surface area (TPSA) is 55.6 Å². The zero-order chi connectivity index (χ0) is 17.2. The highest BCUT2D eigenvalue weighted by molar-refractivity contribution is 5.82. The SMILES string of the molecule is CC(C)[C@@H](N)C(=O)N1CCO[C@H](c2cccc(C(F)(F)F)c2)C1. The Morgan fingerprint density at radius 1 is 1.39 bits per heavy atom. The van der Waals surface area contributed by atoms with Crippen molar-refractivity contribution >= 4 is 5.91 Å². The lowest BCUT2D eigenvalue weighted by atomic mass is 10.0. The first-order chi connectivity index (χ1) is 10.7. The van der Waals surface area contributed by atoms with E-state index in [0.717, 1.165) is 12.1 Å². The van der Waals surface area contributed by atoms with Crippen molar-refractivity contribution in [3.63, 3.8) is 0 Å². The molecule has 4 nitrogen and oxygen atoms in total. The minimum absolute atomic E-state index is 0.00245. The average Bonchev–Trinajstić information content (AvgIpc) is 2.53. The molecule has 0 aromatic heterocycles. The molecule has 0 aliphatic carbocycles. The van der Waals surface area contributed by atoms with Gasteiger partial charge in [-0.2, -0.15) is 13.2 Å². The minimum atomic E-state index is -4.40. The van der Waals surface area contributed by atoms with Crippen molar-refractivity contribution in [2.75, 3.05) is 19.7 Å². The van der Waals surface area contributed by atoms with E-state index in [1.54, 1.807) is 11.0 Å². The molecule has 0 spiro atoms. The van der Waals surface area contributed by atoms with E-state index in [0.29, 0.717) is 12.1 Å². The zero-order valence-corrected chi connectivity index (χ0v) is 13.1. The minimum Gasteiger partial charge on any atom is -0.370 e. The van der Waals surface area contributed by atoms with E-state index in [-0.39, 0.29) is 25.0 Å². The van der Waals surface area contributed by atoms with Crippen LogP contribution >= 0.6 is 0 Å². The second kappa shape index (κ2) is 6.88. The second-order valence-corrected chi connectivity index (χ2v) is 6.04. The van der Waals surface area contributed by atoms with Gasteiger partial charge in [-0.3, -0.25) is 4.79 Å². The van der Waals surface area contributed by atoms with Crippen LogP contribution in [-0.4, -0.2) is 36.5 Å². The summed E-state index contributed by atoms with van der Waals surface area (Å²) in [6.07, 6.45) is -4.98. The van der Waals surface area contributed by atoms with Crippen LogP contribution in [0.3, 0.4) is 0 Å². The van der Waals surface area contributed by atoms with Crippen LogP contribution in [0.25, 0.3) is 0 Å². The van der Waals surface area contributed by atoms with Gasteiger partial charge < -0.3 is 15.4 Å². The maximum Gasteiger partial charge on any atom is 0.416 e. The summed E-state index contributed by atoms with van der Waals surface area (Å²) < 4.78 is 44.0. The van der Waals surface area contributed by atoms with Crippen molar-refractivity contribution in [1.29, 1.82) is 0 Å². The molecule has 1 saturated heterocycles. The third-order valence-corrected chi connectivity index (χ3v) is 3.97. The van der Waals surface area contributed by atoms with E-state index in [4.69, 9.17) is 10.5 Å². The summed E-state index contributed by atoms with van der Waals surface area (Å²) in [6, 6.07) is 4.40. The molecule has 7 heteroatoms. The molecule has 0 bridgehead atoms. The maximum atomic E-state index is 12.8. The highest BCUT2D eigenvalue weighted by atomic mass is 19.4. The largest absolute Gasteiger partial charge is 0.416 e. The predicted molar refractivity (Wildman–Crippen MR) is 79.5 cm³/mol. The fraction of sp³-hybridized carbons (Fsp3) is 0.562. The number of carbonyl (C=O) groups is 1. The fourth-order valence-corrected chi connectivity index (χ4v) is 2.46. The van der Waals surface area contributed by atoms with E-state index in [1.807, 2.05) is 13.8 Å². The molecule has 2 atom stereocenters. The highest BCUT2D eigenvalue weighted by Gasteiger charge is 2.33. The number of rotatable bonds is 3. The molecule has 1 aliphatic heterocycles. The number of morpholine rings is 1. The Morgan fingerprint density at radius 2 is 2.09 bits per heavy atom. The third-order valence-electron chi connectivity index (χ3n) is 3.97. The molecule has 1 amide bonds. The van der Waals surface area contributed by atoms with Crippen LogP contribution in [0.1, 0.15) is 31.1 Å². The number of hydrogen-bond acceptors (Lipinski definition) is 3. The van der Waals surface area contributed by atoms with Crippen LogP contribution in [0.15, 0.2) is 24.3 Å². The Bertz CT molecular complexity index is 561. The number of ether oxygens (including phenoxy) is 1. The molecular weight excluding hydrogens is 309 g/mol. The molecule has 0 unspecified atom stereocenters. The smallest absolute Gasteiger partial charge is 0.370 e. The Hall–Kier alpha value is -1.60. The van der Waals surface area contributed by atoms with Crippen LogP contribution in [-0.2, 0) is 15.7 Å². The van der Waals surface area contributed by atoms with Crippen molar-refractivity contribution in [3.8, 4) is 0 Å². The second-order valence-electron chi connectivity index (χ2n) is 6.04. The van der Waals surface area contributed by atoms with Crippen molar-refractivity contribution in [1.82, 2.24) is 4.90 Å².